The Morgan fingerprint density at radius 3 is 2.64 bits per heavy atom. The van der Waals surface area contributed by atoms with Crippen LogP contribution >= 0.6 is 35.0 Å². The van der Waals surface area contributed by atoms with E-state index in [-0.39, 0.29) is 28.3 Å². The van der Waals surface area contributed by atoms with E-state index in [2.05, 4.69) is 10.0 Å². The van der Waals surface area contributed by atoms with Gasteiger partial charge in [-0.25, -0.2) is 13.1 Å². The molecular formula is C18H18Cl2N2O4S2. The number of amides is 1. The van der Waals surface area contributed by atoms with E-state index in [0.717, 1.165) is 12.8 Å². The molecule has 0 saturated heterocycles. The van der Waals surface area contributed by atoms with Crippen molar-refractivity contribution >= 4 is 56.6 Å². The molecule has 1 aliphatic rings. The fourth-order valence-electron chi connectivity index (χ4n) is 2.36. The first-order valence-corrected chi connectivity index (χ1v) is 11.6. The molecule has 1 fully saturated rings. The van der Waals surface area contributed by atoms with Crippen LogP contribution in [-0.2, 0) is 14.8 Å². The molecule has 10 heteroatoms. The van der Waals surface area contributed by atoms with Gasteiger partial charge in [0.1, 0.15) is 5.75 Å². The molecule has 1 aliphatic carbocycles. The number of carbonyl (C=O) groups is 1. The Morgan fingerprint density at radius 1 is 1.21 bits per heavy atom. The number of rotatable bonds is 8. The average molecular weight is 461 g/mol. The third kappa shape index (κ3) is 5.55. The minimum atomic E-state index is -3.64. The van der Waals surface area contributed by atoms with Crippen LogP contribution in [0.3, 0.4) is 0 Å². The first-order chi connectivity index (χ1) is 13.3. The zero-order valence-corrected chi connectivity index (χ0v) is 18.0. The highest BCUT2D eigenvalue weighted by Crippen LogP contribution is 2.32. The van der Waals surface area contributed by atoms with Gasteiger partial charge in [0.25, 0.3) is 0 Å². The molecule has 0 unspecified atom stereocenters. The maximum absolute atomic E-state index is 12.4. The lowest BCUT2D eigenvalue weighted by Gasteiger charge is -2.13. The molecule has 2 aromatic rings. The van der Waals surface area contributed by atoms with Gasteiger partial charge < -0.3 is 10.1 Å². The summed E-state index contributed by atoms with van der Waals surface area (Å²) in [6.07, 6.45) is 1.67. The van der Waals surface area contributed by atoms with Gasteiger partial charge >= 0.3 is 0 Å². The summed E-state index contributed by atoms with van der Waals surface area (Å²) in [4.78, 5) is 13.1. The van der Waals surface area contributed by atoms with Gasteiger partial charge in [0.05, 0.1) is 28.5 Å². The molecule has 0 aliphatic heterocycles. The predicted molar refractivity (Wildman–Crippen MR) is 112 cm³/mol. The Kier molecular flexibility index (Phi) is 6.77. The van der Waals surface area contributed by atoms with Crippen molar-refractivity contribution in [3.63, 3.8) is 0 Å². The van der Waals surface area contributed by atoms with Crippen molar-refractivity contribution in [2.24, 2.45) is 0 Å². The molecule has 28 heavy (non-hydrogen) atoms. The SMILES string of the molecule is COc1ccc(S(=O)(=O)NC2CC2)cc1NC(=O)CSc1cc(Cl)ccc1Cl. The fourth-order valence-corrected chi connectivity index (χ4v) is 4.98. The average Bonchev–Trinajstić information content (AvgIpc) is 3.45. The minimum Gasteiger partial charge on any atom is -0.495 e. The molecule has 0 spiro atoms. The quantitative estimate of drug-likeness (QED) is 0.577. The van der Waals surface area contributed by atoms with Gasteiger partial charge in [0, 0.05) is 16.0 Å². The highest BCUT2D eigenvalue weighted by Gasteiger charge is 2.28. The lowest BCUT2D eigenvalue weighted by Crippen LogP contribution is -2.26. The number of thioether (sulfide) groups is 1. The summed E-state index contributed by atoms with van der Waals surface area (Å²) in [5.74, 6) is 0.106. The highest BCUT2D eigenvalue weighted by molar-refractivity contribution is 8.00. The van der Waals surface area contributed by atoms with E-state index in [1.807, 2.05) is 0 Å². The summed E-state index contributed by atoms with van der Waals surface area (Å²) < 4.78 is 32.6. The summed E-state index contributed by atoms with van der Waals surface area (Å²) in [6.45, 7) is 0. The van der Waals surface area contributed by atoms with Crippen molar-refractivity contribution in [2.75, 3.05) is 18.2 Å². The smallest absolute Gasteiger partial charge is 0.240 e. The summed E-state index contributed by atoms with van der Waals surface area (Å²) in [5, 5.41) is 3.72. The van der Waals surface area contributed by atoms with Gasteiger partial charge in [-0.15, -0.1) is 11.8 Å². The van der Waals surface area contributed by atoms with Crippen molar-refractivity contribution in [1.82, 2.24) is 4.72 Å². The van der Waals surface area contributed by atoms with E-state index < -0.39 is 10.0 Å². The first-order valence-electron chi connectivity index (χ1n) is 8.36. The number of benzene rings is 2. The van der Waals surface area contributed by atoms with Crippen molar-refractivity contribution < 1.29 is 17.9 Å². The summed E-state index contributed by atoms with van der Waals surface area (Å²) in [7, 11) is -2.19. The summed E-state index contributed by atoms with van der Waals surface area (Å²) >= 11 is 13.3. The molecular weight excluding hydrogens is 443 g/mol. The fraction of sp³-hybridized carbons (Fsp3) is 0.278. The Hall–Kier alpha value is -1.45. The highest BCUT2D eigenvalue weighted by atomic mass is 35.5. The molecule has 3 rings (SSSR count). The van der Waals surface area contributed by atoms with Crippen LogP contribution in [0.5, 0.6) is 5.75 Å². The predicted octanol–water partition coefficient (Wildman–Crippen LogP) is 4.17. The van der Waals surface area contributed by atoms with Crippen LogP contribution in [0.25, 0.3) is 0 Å². The van der Waals surface area contributed by atoms with Crippen LogP contribution in [0, 0.1) is 0 Å². The monoisotopic (exact) mass is 460 g/mol. The van der Waals surface area contributed by atoms with Gasteiger partial charge in [-0.05, 0) is 49.2 Å². The van der Waals surface area contributed by atoms with Gasteiger partial charge in [0.15, 0.2) is 0 Å². The maximum Gasteiger partial charge on any atom is 0.240 e. The van der Waals surface area contributed by atoms with E-state index in [1.165, 1.54) is 37.1 Å². The number of ether oxygens (including phenoxy) is 1. The Bertz CT molecular complexity index is 995. The second-order valence-corrected chi connectivity index (χ2v) is 9.74. The van der Waals surface area contributed by atoms with Crippen LogP contribution in [0.2, 0.25) is 10.0 Å². The molecule has 1 saturated carbocycles. The number of hydrogen-bond acceptors (Lipinski definition) is 5. The van der Waals surface area contributed by atoms with E-state index in [9.17, 15) is 13.2 Å². The van der Waals surface area contributed by atoms with Crippen LogP contribution in [0.1, 0.15) is 12.8 Å². The van der Waals surface area contributed by atoms with Gasteiger partial charge in [0.2, 0.25) is 15.9 Å². The standard InChI is InChI=1S/C18H18Cl2N2O4S2/c1-26-16-7-5-13(28(24,25)22-12-3-4-12)9-15(16)21-18(23)10-27-17-8-11(19)2-6-14(17)20/h2,5-9,12,22H,3-4,10H2,1H3,(H,21,23). The summed E-state index contributed by atoms with van der Waals surface area (Å²) in [6, 6.07) is 9.34. The number of anilines is 1. The lowest BCUT2D eigenvalue weighted by molar-refractivity contribution is -0.113. The minimum absolute atomic E-state index is 0.0102. The number of sulfonamides is 1. The van der Waals surface area contributed by atoms with E-state index in [1.54, 1.807) is 18.2 Å². The number of nitrogens with one attached hydrogen (secondary N) is 2. The number of methoxy groups -OCH3 is 1. The van der Waals surface area contributed by atoms with Gasteiger partial charge in [-0.3, -0.25) is 4.79 Å². The first kappa shape index (κ1) is 21.3. The van der Waals surface area contributed by atoms with E-state index in [4.69, 9.17) is 27.9 Å². The van der Waals surface area contributed by atoms with E-state index >= 15 is 0 Å². The molecule has 2 N–H and O–H groups in total. The number of halogens is 2. The number of carbonyl (C=O) groups excluding carboxylic acids is 1. The maximum atomic E-state index is 12.4. The molecule has 0 atom stereocenters. The van der Waals surface area contributed by atoms with Crippen molar-refractivity contribution in [3.05, 3.63) is 46.4 Å². The van der Waals surface area contributed by atoms with E-state index in [0.29, 0.717) is 20.7 Å². The Morgan fingerprint density at radius 2 is 1.96 bits per heavy atom. The van der Waals surface area contributed by atoms with Crippen LogP contribution in [0.15, 0.2) is 46.2 Å². The second kappa shape index (κ2) is 8.92. The molecule has 6 nitrogen and oxygen atoms in total. The topological polar surface area (TPSA) is 84.5 Å². The Labute approximate surface area is 178 Å². The molecule has 150 valence electrons. The number of hydrogen-bond donors (Lipinski definition) is 2. The lowest BCUT2D eigenvalue weighted by atomic mass is 10.3. The largest absolute Gasteiger partial charge is 0.495 e. The van der Waals surface area contributed by atoms with Crippen molar-refractivity contribution in [2.45, 2.75) is 28.7 Å². The normalized spacial score (nSPS) is 14.0. The molecule has 0 heterocycles. The Balaban J connectivity index is 1.72. The third-order valence-electron chi connectivity index (χ3n) is 3.91. The zero-order valence-electron chi connectivity index (χ0n) is 14.9. The van der Waals surface area contributed by atoms with Crippen LogP contribution < -0.4 is 14.8 Å². The van der Waals surface area contributed by atoms with Gasteiger partial charge in [-0.1, -0.05) is 23.2 Å². The molecule has 0 bridgehead atoms. The second-order valence-electron chi connectivity index (χ2n) is 6.17. The molecule has 0 radical (unpaired) electrons. The van der Waals surface area contributed by atoms with Crippen LogP contribution in [0.4, 0.5) is 5.69 Å². The van der Waals surface area contributed by atoms with Crippen molar-refractivity contribution in [1.29, 1.82) is 0 Å². The zero-order chi connectivity index (χ0) is 20.3. The van der Waals surface area contributed by atoms with Gasteiger partial charge in [-0.2, -0.15) is 0 Å². The molecule has 1 amide bonds. The summed E-state index contributed by atoms with van der Waals surface area (Å²) in [5.41, 5.74) is 0.281. The van der Waals surface area contributed by atoms with Crippen molar-refractivity contribution in [3.8, 4) is 5.75 Å². The third-order valence-corrected chi connectivity index (χ3v) is 7.16. The molecule has 0 aromatic heterocycles. The molecule has 2 aromatic carbocycles. The van der Waals surface area contributed by atoms with Crippen LogP contribution in [-0.4, -0.2) is 33.2 Å².